The van der Waals surface area contributed by atoms with Crippen molar-refractivity contribution in [3.05, 3.63) is 30.6 Å². The van der Waals surface area contributed by atoms with Crippen LogP contribution in [0.2, 0.25) is 0 Å². The minimum absolute atomic E-state index is 0.0916. The molecule has 2 aromatic heterocycles. The number of furan rings is 1. The van der Waals surface area contributed by atoms with Crippen LogP contribution >= 0.6 is 0 Å². The molecule has 6 heteroatoms. The molecule has 0 amide bonds. The minimum atomic E-state index is -0.219. The van der Waals surface area contributed by atoms with E-state index in [0.29, 0.717) is 31.2 Å². The number of aliphatic hydroxyl groups is 1. The van der Waals surface area contributed by atoms with Crippen LogP contribution in [0.25, 0.3) is 22.1 Å². The molecule has 3 heterocycles. The van der Waals surface area contributed by atoms with Crippen molar-refractivity contribution >= 4 is 27.9 Å². The number of para-hydroxylation sites is 1. The van der Waals surface area contributed by atoms with E-state index >= 15 is 0 Å². The van der Waals surface area contributed by atoms with Gasteiger partial charge in [-0.1, -0.05) is 12.1 Å². The highest BCUT2D eigenvalue weighted by atomic mass is 16.5. The van der Waals surface area contributed by atoms with E-state index in [2.05, 4.69) is 15.3 Å². The lowest BCUT2D eigenvalue weighted by Gasteiger charge is -2.39. The molecule has 0 bridgehead atoms. The largest absolute Gasteiger partial charge is 0.450 e. The Labute approximate surface area is 120 Å². The molecule has 0 spiro atoms. The summed E-state index contributed by atoms with van der Waals surface area (Å²) in [6.45, 7) is 1.80. The topological polar surface area (TPSA) is 80.4 Å². The fraction of sp³-hybridized carbons (Fsp3) is 0.333. The van der Waals surface area contributed by atoms with E-state index < -0.39 is 0 Å². The zero-order valence-electron chi connectivity index (χ0n) is 11.4. The molecule has 4 rings (SSSR count). The van der Waals surface area contributed by atoms with E-state index in [0.717, 1.165) is 16.5 Å². The van der Waals surface area contributed by atoms with Crippen molar-refractivity contribution in [1.82, 2.24) is 9.97 Å². The highest BCUT2D eigenvalue weighted by Crippen LogP contribution is 2.32. The van der Waals surface area contributed by atoms with Crippen LogP contribution in [0, 0.1) is 5.41 Å². The molecule has 0 radical (unpaired) electrons. The second kappa shape index (κ2) is 4.68. The number of aliphatic hydroxyl groups excluding tert-OH is 1. The van der Waals surface area contributed by atoms with Gasteiger partial charge in [-0.2, -0.15) is 0 Å². The Bertz CT molecular complexity index is 790. The number of rotatable bonds is 4. The fourth-order valence-corrected chi connectivity index (χ4v) is 2.56. The summed E-state index contributed by atoms with van der Waals surface area (Å²) < 4.78 is 11.0. The van der Waals surface area contributed by atoms with E-state index in [9.17, 15) is 5.11 Å². The fourth-order valence-electron chi connectivity index (χ4n) is 2.56. The molecule has 1 saturated heterocycles. The maximum absolute atomic E-state index is 9.47. The Morgan fingerprint density at radius 3 is 2.86 bits per heavy atom. The quantitative estimate of drug-likeness (QED) is 0.761. The summed E-state index contributed by atoms with van der Waals surface area (Å²) in [5, 5.41) is 13.7. The average Bonchev–Trinajstić information content (AvgIpc) is 2.86. The van der Waals surface area contributed by atoms with E-state index in [1.807, 2.05) is 24.3 Å². The summed E-state index contributed by atoms with van der Waals surface area (Å²) in [5.41, 5.74) is 2.02. The predicted octanol–water partition coefficient (Wildman–Crippen LogP) is 1.80. The molecule has 1 aliphatic heterocycles. The van der Waals surface area contributed by atoms with Gasteiger partial charge in [0.05, 0.1) is 25.2 Å². The van der Waals surface area contributed by atoms with Gasteiger partial charge >= 0.3 is 0 Å². The van der Waals surface area contributed by atoms with Crippen LogP contribution in [-0.2, 0) is 4.74 Å². The third-order valence-electron chi connectivity index (χ3n) is 3.94. The van der Waals surface area contributed by atoms with Gasteiger partial charge in [0, 0.05) is 11.9 Å². The van der Waals surface area contributed by atoms with Gasteiger partial charge in [-0.25, -0.2) is 9.97 Å². The number of fused-ring (bicyclic) bond motifs is 3. The van der Waals surface area contributed by atoms with Crippen LogP contribution in [0.1, 0.15) is 0 Å². The predicted molar refractivity (Wildman–Crippen MR) is 78.1 cm³/mol. The summed E-state index contributed by atoms with van der Waals surface area (Å²) in [6.07, 6.45) is 1.52. The standard InChI is InChI=1S/C15H15N3O3/c19-6-15(7-20-8-15)5-16-14-13-12(17-9-18-14)10-3-1-2-4-11(10)21-13/h1-4,9,19H,5-8H2,(H,16,17,18). The van der Waals surface area contributed by atoms with E-state index in [1.165, 1.54) is 6.33 Å². The molecule has 0 unspecified atom stereocenters. The highest BCUT2D eigenvalue weighted by molar-refractivity contribution is 6.05. The van der Waals surface area contributed by atoms with Crippen molar-refractivity contribution in [3.63, 3.8) is 0 Å². The molecule has 1 aromatic carbocycles. The molecular formula is C15H15N3O3. The van der Waals surface area contributed by atoms with Gasteiger partial charge < -0.3 is 19.6 Å². The molecule has 3 aromatic rings. The van der Waals surface area contributed by atoms with E-state index in [1.54, 1.807) is 0 Å². The smallest absolute Gasteiger partial charge is 0.196 e. The first kappa shape index (κ1) is 12.6. The second-order valence-electron chi connectivity index (χ2n) is 5.50. The monoisotopic (exact) mass is 285 g/mol. The van der Waals surface area contributed by atoms with Crippen LogP contribution in [0.4, 0.5) is 5.82 Å². The number of hydrogen-bond acceptors (Lipinski definition) is 6. The highest BCUT2D eigenvalue weighted by Gasteiger charge is 2.38. The Morgan fingerprint density at radius 2 is 2.10 bits per heavy atom. The zero-order chi connectivity index (χ0) is 14.3. The summed E-state index contributed by atoms with van der Waals surface area (Å²) in [4.78, 5) is 8.57. The first-order chi connectivity index (χ1) is 10.3. The number of nitrogens with one attached hydrogen (secondary N) is 1. The van der Waals surface area contributed by atoms with Crippen molar-refractivity contribution in [2.45, 2.75) is 0 Å². The van der Waals surface area contributed by atoms with Gasteiger partial charge in [0.2, 0.25) is 0 Å². The van der Waals surface area contributed by atoms with Crippen molar-refractivity contribution in [2.75, 3.05) is 31.7 Å². The summed E-state index contributed by atoms with van der Waals surface area (Å²) in [6, 6.07) is 7.78. The molecule has 1 aliphatic rings. The first-order valence-corrected chi connectivity index (χ1v) is 6.86. The normalized spacial score (nSPS) is 17.0. The second-order valence-corrected chi connectivity index (χ2v) is 5.50. The van der Waals surface area contributed by atoms with Gasteiger partial charge in [-0.15, -0.1) is 0 Å². The van der Waals surface area contributed by atoms with E-state index in [-0.39, 0.29) is 12.0 Å². The Balaban J connectivity index is 1.71. The summed E-state index contributed by atoms with van der Waals surface area (Å²) >= 11 is 0. The molecule has 0 aliphatic carbocycles. The van der Waals surface area contributed by atoms with Crippen molar-refractivity contribution in [2.24, 2.45) is 5.41 Å². The van der Waals surface area contributed by atoms with Crippen LogP contribution in [0.5, 0.6) is 0 Å². The third-order valence-corrected chi connectivity index (χ3v) is 3.94. The molecule has 1 fully saturated rings. The van der Waals surface area contributed by atoms with Gasteiger partial charge in [-0.05, 0) is 12.1 Å². The lowest BCUT2D eigenvalue weighted by atomic mass is 9.87. The van der Waals surface area contributed by atoms with Gasteiger partial charge in [0.1, 0.15) is 17.4 Å². The minimum Gasteiger partial charge on any atom is -0.450 e. The number of benzene rings is 1. The maximum atomic E-state index is 9.47. The number of ether oxygens (including phenoxy) is 1. The number of hydrogen-bond donors (Lipinski definition) is 2. The lowest BCUT2D eigenvalue weighted by Crippen LogP contribution is -2.50. The van der Waals surface area contributed by atoms with Gasteiger partial charge in [0.15, 0.2) is 11.4 Å². The zero-order valence-corrected chi connectivity index (χ0v) is 11.4. The van der Waals surface area contributed by atoms with Gasteiger partial charge in [-0.3, -0.25) is 0 Å². The maximum Gasteiger partial charge on any atom is 0.196 e. The van der Waals surface area contributed by atoms with Crippen LogP contribution in [0.3, 0.4) is 0 Å². The number of aromatic nitrogens is 2. The Kier molecular flexibility index (Phi) is 2.80. The van der Waals surface area contributed by atoms with Crippen molar-refractivity contribution < 1.29 is 14.3 Å². The molecular weight excluding hydrogens is 270 g/mol. The molecule has 108 valence electrons. The Morgan fingerprint density at radius 1 is 1.24 bits per heavy atom. The summed E-state index contributed by atoms with van der Waals surface area (Å²) in [5.74, 6) is 0.649. The first-order valence-electron chi connectivity index (χ1n) is 6.86. The number of anilines is 1. The van der Waals surface area contributed by atoms with E-state index in [4.69, 9.17) is 9.15 Å². The van der Waals surface area contributed by atoms with Crippen molar-refractivity contribution in [1.29, 1.82) is 0 Å². The Hall–Kier alpha value is -2.18. The SMILES string of the molecule is OCC1(CNc2ncnc3c2oc2ccccc23)COC1. The van der Waals surface area contributed by atoms with Crippen molar-refractivity contribution in [3.8, 4) is 0 Å². The van der Waals surface area contributed by atoms with Crippen LogP contribution in [0.15, 0.2) is 35.0 Å². The van der Waals surface area contributed by atoms with Crippen LogP contribution < -0.4 is 5.32 Å². The van der Waals surface area contributed by atoms with Gasteiger partial charge in [0.25, 0.3) is 0 Å². The molecule has 0 atom stereocenters. The molecule has 21 heavy (non-hydrogen) atoms. The molecule has 2 N–H and O–H groups in total. The average molecular weight is 285 g/mol. The molecule has 6 nitrogen and oxygen atoms in total. The number of nitrogens with zero attached hydrogens (tertiary/aromatic N) is 2. The third kappa shape index (κ3) is 1.95. The summed E-state index contributed by atoms with van der Waals surface area (Å²) in [7, 11) is 0. The lowest BCUT2D eigenvalue weighted by molar-refractivity contribution is -0.128. The van der Waals surface area contributed by atoms with Crippen LogP contribution in [-0.4, -0.2) is 41.4 Å². The molecule has 0 saturated carbocycles.